The van der Waals surface area contributed by atoms with Crippen molar-refractivity contribution in [2.45, 2.75) is 51.2 Å². The normalized spacial score (nSPS) is 16.0. The molecule has 0 unspecified atom stereocenters. The topological polar surface area (TPSA) is 84.5 Å². The van der Waals surface area contributed by atoms with Crippen LogP contribution in [0.1, 0.15) is 44.6 Å². The van der Waals surface area contributed by atoms with Gasteiger partial charge in [-0.3, -0.25) is 10.1 Å². The number of hydrogen-bond donors (Lipinski definition) is 2. The lowest BCUT2D eigenvalue weighted by atomic mass is 9.96. The second-order valence-corrected chi connectivity index (χ2v) is 6.79. The van der Waals surface area contributed by atoms with E-state index in [1.54, 1.807) is 0 Å². The van der Waals surface area contributed by atoms with Crippen molar-refractivity contribution in [1.29, 1.82) is 0 Å². The van der Waals surface area contributed by atoms with Gasteiger partial charge in [0, 0.05) is 12.1 Å². The summed E-state index contributed by atoms with van der Waals surface area (Å²) < 4.78 is 18.0. The fourth-order valence-electron chi connectivity index (χ4n) is 2.73. The van der Waals surface area contributed by atoms with Crippen LogP contribution in [-0.2, 0) is 14.3 Å². The van der Waals surface area contributed by atoms with Crippen LogP contribution in [-0.4, -0.2) is 30.1 Å². The molecule has 8 heteroatoms. The van der Waals surface area contributed by atoms with Crippen molar-refractivity contribution in [3.05, 3.63) is 40.7 Å². The molecule has 1 aromatic rings. The highest BCUT2D eigenvalue weighted by atomic mass is 35.5. The Bertz CT molecular complexity index is 732. The Labute approximate surface area is 162 Å². The quantitative estimate of drug-likeness (QED) is 0.588. The van der Waals surface area contributed by atoms with Gasteiger partial charge >= 0.3 is 12.0 Å². The molecule has 1 aliphatic rings. The number of carbonyl (C=O) groups excluding carboxylic acids is 3. The lowest BCUT2D eigenvalue weighted by Gasteiger charge is -2.23. The standard InChI is InChI=1S/C19H22ClFN2O4/c1-12(18(25)23-19(26)22-14-5-3-2-4-6-14)27-17(24)10-8-13-7-9-16(21)15(20)11-13/h7-12,14H,2-6H2,1H3,(H2,22,23,25,26)/b10-8+/t12-/m0/s1. The summed E-state index contributed by atoms with van der Waals surface area (Å²) in [5, 5.41) is 4.85. The Morgan fingerprint density at radius 2 is 1.96 bits per heavy atom. The molecule has 6 nitrogen and oxygen atoms in total. The first-order valence-corrected chi connectivity index (χ1v) is 9.18. The van der Waals surface area contributed by atoms with Gasteiger partial charge < -0.3 is 10.1 Å². The van der Waals surface area contributed by atoms with Crippen LogP contribution in [0.3, 0.4) is 0 Å². The number of rotatable bonds is 5. The van der Waals surface area contributed by atoms with Crippen molar-refractivity contribution in [3.8, 4) is 0 Å². The maximum absolute atomic E-state index is 13.1. The zero-order valence-electron chi connectivity index (χ0n) is 15.0. The van der Waals surface area contributed by atoms with Crippen molar-refractivity contribution in [3.63, 3.8) is 0 Å². The van der Waals surface area contributed by atoms with Gasteiger partial charge in [0.05, 0.1) is 5.02 Å². The summed E-state index contributed by atoms with van der Waals surface area (Å²) in [6.45, 7) is 1.36. The first kappa shape index (κ1) is 20.9. The molecule has 2 rings (SSSR count). The number of hydrogen-bond acceptors (Lipinski definition) is 4. The van der Waals surface area contributed by atoms with Crippen LogP contribution in [0.2, 0.25) is 5.02 Å². The maximum atomic E-state index is 13.1. The van der Waals surface area contributed by atoms with E-state index in [0.717, 1.165) is 38.2 Å². The number of halogens is 2. The largest absolute Gasteiger partial charge is 0.449 e. The predicted octanol–water partition coefficient (Wildman–Crippen LogP) is 3.58. The van der Waals surface area contributed by atoms with Gasteiger partial charge in [0.25, 0.3) is 5.91 Å². The number of nitrogens with one attached hydrogen (secondary N) is 2. The summed E-state index contributed by atoms with van der Waals surface area (Å²) in [5.41, 5.74) is 0.502. The Kier molecular flexibility index (Phi) is 7.79. The molecule has 1 aliphatic carbocycles. The molecule has 1 atom stereocenters. The summed E-state index contributed by atoms with van der Waals surface area (Å²) in [5.74, 6) is -2.05. The van der Waals surface area contributed by atoms with Crippen LogP contribution in [0, 0.1) is 5.82 Å². The molecule has 0 saturated heterocycles. The van der Waals surface area contributed by atoms with Gasteiger partial charge in [-0.05, 0) is 43.5 Å². The van der Waals surface area contributed by atoms with Crippen molar-refractivity contribution in [2.75, 3.05) is 0 Å². The molecule has 146 valence electrons. The van der Waals surface area contributed by atoms with E-state index >= 15 is 0 Å². The van der Waals surface area contributed by atoms with Gasteiger partial charge in [-0.25, -0.2) is 14.0 Å². The molecule has 0 radical (unpaired) electrons. The van der Waals surface area contributed by atoms with Crippen LogP contribution in [0.4, 0.5) is 9.18 Å². The number of ether oxygens (including phenoxy) is 1. The van der Waals surface area contributed by atoms with Crippen LogP contribution < -0.4 is 10.6 Å². The summed E-state index contributed by atoms with van der Waals surface area (Å²) in [4.78, 5) is 35.6. The predicted molar refractivity (Wildman–Crippen MR) is 99.5 cm³/mol. The average Bonchev–Trinajstić information content (AvgIpc) is 2.63. The lowest BCUT2D eigenvalue weighted by molar-refractivity contribution is -0.149. The molecule has 0 spiro atoms. The number of benzene rings is 1. The molecule has 0 aromatic heterocycles. The fraction of sp³-hybridized carbons (Fsp3) is 0.421. The molecule has 1 saturated carbocycles. The number of urea groups is 1. The van der Waals surface area contributed by atoms with Crippen LogP contribution in [0.5, 0.6) is 0 Å². The monoisotopic (exact) mass is 396 g/mol. The first-order valence-electron chi connectivity index (χ1n) is 8.80. The minimum absolute atomic E-state index is 0.0647. The Morgan fingerprint density at radius 3 is 2.63 bits per heavy atom. The van der Waals surface area contributed by atoms with E-state index in [2.05, 4.69) is 10.6 Å². The van der Waals surface area contributed by atoms with E-state index < -0.39 is 29.8 Å². The van der Waals surface area contributed by atoms with E-state index in [-0.39, 0.29) is 11.1 Å². The van der Waals surface area contributed by atoms with Gasteiger partial charge in [0.15, 0.2) is 6.10 Å². The fourth-order valence-corrected chi connectivity index (χ4v) is 2.92. The van der Waals surface area contributed by atoms with Crippen LogP contribution in [0.15, 0.2) is 24.3 Å². The molecule has 0 bridgehead atoms. The van der Waals surface area contributed by atoms with Crippen LogP contribution >= 0.6 is 11.6 Å². The number of amides is 3. The number of esters is 1. The second kappa shape index (κ2) is 10.1. The van der Waals surface area contributed by atoms with Crippen molar-refractivity contribution in [2.24, 2.45) is 0 Å². The van der Waals surface area contributed by atoms with E-state index in [0.29, 0.717) is 5.56 Å². The van der Waals surface area contributed by atoms with E-state index in [9.17, 15) is 18.8 Å². The molecule has 1 fully saturated rings. The smallest absolute Gasteiger partial charge is 0.331 e. The highest BCUT2D eigenvalue weighted by Crippen LogP contribution is 2.17. The number of carbonyl (C=O) groups is 3. The van der Waals surface area contributed by atoms with Crippen molar-refractivity contribution >= 4 is 35.6 Å². The minimum Gasteiger partial charge on any atom is -0.449 e. The van der Waals surface area contributed by atoms with Crippen molar-refractivity contribution in [1.82, 2.24) is 10.6 Å². The summed E-state index contributed by atoms with van der Waals surface area (Å²) >= 11 is 5.66. The van der Waals surface area contributed by atoms with E-state index in [1.807, 2.05) is 0 Å². The molecule has 27 heavy (non-hydrogen) atoms. The first-order chi connectivity index (χ1) is 12.8. The zero-order valence-corrected chi connectivity index (χ0v) is 15.7. The third kappa shape index (κ3) is 7.02. The van der Waals surface area contributed by atoms with E-state index in [4.69, 9.17) is 16.3 Å². The molecule has 3 amide bonds. The molecular weight excluding hydrogens is 375 g/mol. The highest BCUT2D eigenvalue weighted by molar-refractivity contribution is 6.30. The Balaban J connectivity index is 1.78. The summed E-state index contributed by atoms with van der Waals surface area (Å²) in [6, 6.07) is 3.44. The lowest BCUT2D eigenvalue weighted by Crippen LogP contribution is -2.48. The summed E-state index contributed by atoms with van der Waals surface area (Å²) in [6.07, 6.45) is 6.38. The Hall–Kier alpha value is -2.41. The third-order valence-electron chi connectivity index (χ3n) is 4.19. The average molecular weight is 397 g/mol. The molecule has 2 N–H and O–H groups in total. The van der Waals surface area contributed by atoms with Gasteiger partial charge in [0.2, 0.25) is 0 Å². The summed E-state index contributed by atoms with van der Waals surface area (Å²) in [7, 11) is 0. The van der Waals surface area contributed by atoms with Gasteiger partial charge in [0.1, 0.15) is 5.82 Å². The zero-order chi connectivity index (χ0) is 19.8. The molecular formula is C19H22ClFN2O4. The van der Waals surface area contributed by atoms with Gasteiger partial charge in [-0.1, -0.05) is 36.9 Å². The third-order valence-corrected chi connectivity index (χ3v) is 4.48. The van der Waals surface area contributed by atoms with E-state index in [1.165, 1.54) is 31.2 Å². The van der Waals surface area contributed by atoms with Crippen molar-refractivity contribution < 1.29 is 23.5 Å². The Morgan fingerprint density at radius 1 is 1.26 bits per heavy atom. The highest BCUT2D eigenvalue weighted by Gasteiger charge is 2.21. The molecule has 1 aromatic carbocycles. The van der Waals surface area contributed by atoms with Gasteiger partial charge in [-0.2, -0.15) is 0 Å². The molecule has 0 aliphatic heterocycles. The molecule has 0 heterocycles. The second-order valence-electron chi connectivity index (χ2n) is 6.38. The van der Waals surface area contributed by atoms with Gasteiger partial charge in [-0.15, -0.1) is 0 Å². The maximum Gasteiger partial charge on any atom is 0.331 e. The minimum atomic E-state index is -1.14. The number of imide groups is 1. The SMILES string of the molecule is C[C@H](OC(=O)/C=C/c1ccc(F)c(Cl)c1)C(=O)NC(=O)NC1CCCCC1. The van der Waals surface area contributed by atoms with Crippen LogP contribution in [0.25, 0.3) is 6.08 Å².